The second-order valence-corrected chi connectivity index (χ2v) is 9.25. The third kappa shape index (κ3) is 4.85. The van der Waals surface area contributed by atoms with Crippen molar-refractivity contribution < 1.29 is 19.1 Å². The number of fused-ring (bicyclic) bond motifs is 1. The zero-order valence-electron chi connectivity index (χ0n) is 18.7. The predicted molar refractivity (Wildman–Crippen MR) is 124 cm³/mol. The molecule has 1 fully saturated rings. The van der Waals surface area contributed by atoms with Gasteiger partial charge in [0.05, 0.1) is 12.6 Å². The summed E-state index contributed by atoms with van der Waals surface area (Å²) in [5.74, 6) is 1.34. The van der Waals surface area contributed by atoms with E-state index in [0.29, 0.717) is 31.8 Å². The van der Waals surface area contributed by atoms with Crippen molar-refractivity contribution in [1.29, 1.82) is 0 Å². The molecule has 1 aromatic heterocycles. The van der Waals surface area contributed by atoms with Crippen molar-refractivity contribution in [2.45, 2.75) is 58.2 Å². The molecule has 1 aromatic carbocycles. The summed E-state index contributed by atoms with van der Waals surface area (Å²) in [6.45, 7) is 6.19. The Hall–Kier alpha value is -2.74. The van der Waals surface area contributed by atoms with Gasteiger partial charge in [0.1, 0.15) is 6.04 Å². The quantitative estimate of drug-likeness (QED) is 0.569. The lowest BCUT2D eigenvalue weighted by molar-refractivity contribution is -0.126. The van der Waals surface area contributed by atoms with E-state index in [4.69, 9.17) is 9.47 Å². The van der Waals surface area contributed by atoms with Crippen LogP contribution in [0, 0.1) is 0 Å². The number of unbranched alkanes of at least 4 members (excludes halogenated alkanes) is 1. The van der Waals surface area contributed by atoms with Crippen molar-refractivity contribution in [2.24, 2.45) is 0 Å². The van der Waals surface area contributed by atoms with Gasteiger partial charge >= 0.3 is 6.03 Å². The first kappa shape index (κ1) is 22.5. The number of carbonyl (C=O) groups excluding carboxylic acids is 2. The van der Waals surface area contributed by atoms with Crippen LogP contribution in [0.3, 0.4) is 0 Å². The van der Waals surface area contributed by atoms with E-state index < -0.39 is 6.04 Å². The van der Waals surface area contributed by atoms with Gasteiger partial charge < -0.3 is 24.6 Å². The van der Waals surface area contributed by atoms with Crippen LogP contribution in [-0.4, -0.2) is 47.7 Å². The van der Waals surface area contributed by atoms with Crippen molar-refractivity contribution in [3.05, 3.63) is 46.2 Å². The lowest BCUT2D eigenvalue weighted by atomic mass is 10.0. The number of rotatable bonds is 10. The third-order valence-corrected chi connectivity index (χ3v) is 6.95. The van der Waals surface area contributed by atoms with Crippen molar-refractivity contribution in [3.8, 4) is 11.5 Å². The van der Waals surface area contributed by atoms with Crippen LogP contribution in [0.4, 0.5) is 4.79 Å². The standard InChI is InChI=1S/C24H31N3O4S/c1-3-5-8-20(27-12-11-26(24(27)29)15-18-7-6-13-32-18)23(28)25-19(4-2)17-9-10-21-22(14-17)31-16-30-21/h6-7,9-10,13-14,19-20H,3-5,8,11-12,15-16H2,1-2H3,(H,25,28)/t19-,20-/m0/s1. The number of benzene rings is 1. The molecule has 8 heteroatoms. The normalized spacial score (nSPS) is 17.0. The molecule has 172 valence electrons. The summed E-state index contributed by atoms with van der Waals surface area (Å²) in [5.41, 5.74) is 0.978. The number of urea groups is 1. The van der Waals surface area contributed by atoms with Gasteiger partial charge in [-0.25, -0.2) is 4.79 Å². The topological polar surface area (TPSA) is 71.1 Å². The van der Waals surface area contributed by atoms with E-state index >= 15 is 0 Å². The second kappa shape index (κ2) is 10.3. The van der Waals surface area contributed by atoms with E-state index in [0.717, 1.165) is 35.5 Å². The summed E-state index contributed by atoms with van der Waals surface area (Å²) in [4.78, 5) is 31.3. The molecule has 0 aliphatic carbocycles. The molecular formula is C24H31N3O4S. The van der Waals surface area contributed by atoms with E-state index in [9.17, 15) is 9.59 Å². The maximum absolute atomic E-state index is 13.4. The van der Waals surface area contributed by atoms with Crippen LogP contribution in [0.5, 0.6) is 11.5 Å². The number of nitrogens with one attached hydrogen (secondary N) is 1. The molecule has 3 heterocycles. The Morgan fingerprint density at radius 2 is 2.03 bits per heavy atom. The van der Waals surface area contributed by atoms with Crippen LogP contribution in [0.2, 0.25) is 0 Å². The lowest BCUT2D eigenvalue weighted by Crippen LogP contribution is -2.49. The van der Waals surface area contributed by atoms with Gasteiger partial charge in [0, 0.05) is 18.0 Å². The molecule has 0 saturated carbocycles. The zero-order valence-corrected chi connectivity index (χ0v) is 19.5. The van der Waals surface area contributed by atoms with Crippen LogP contribution >= 0.6 is 11.3 Å². The Labute approximate surface area is 193 Å². The molecule has 2 atom stereocenters. The van der Waals surface area contributed by atoms with Crippen molar-refractivity contribution in [1.82, 2.24) is 15.1 Å². The second-order valence-electron chi connectivity index (χ2n) is 8.22. The number of hydrogen-bond acceptors (Lipinski definition) is 5. The minimum Gasteiger partial charge on any atom is -0.454 e. The summed E-state index contributed by atoms with van der Waals surface area (Å²) in [6.07, 6.45) is 3.28. The molecular weight excluding hydrogens is 426 g/mol. The summed E-state index contributed by atoms with van der Waals surface area (Å²) in [7, 11) is 0. The Morgan fingerprint density at radius 3 is 2.78 bits per heavy atom. The smallest absolute Gasteiger partial charge is 0.321 e. The first-order valence-electron chi connectivity index (χ1n) is 11.4. The average molecular weight is 458 g/mol. The van der Waals surface area contributed by atoms with Gasteiger partial charge in [0.15, 0.2) is 11.5 Å². The Balaban J connectivity index is 1.46. The van der Waals surface area contributed by atoms with Gasteiger partial charge in [-0.2, -0.15) is 0 Å². The molecule has 0 bridgehead atoms. The van der Waals surface area contributed by atoms with Gasteiger partial charge in [-0.3, -0.25) is 4.79 Å². The SMILES string of the molecule is CCCC[C@@H](C(=O)N[C@@H](CC)c1ccc2c(c1)OCO2)N1CCN(Cc2cccs2)C1=O. The molecule has 2 aliphatic rings. The molecule has 0 spiro atoms. The van der Waals surface area contributed by atoms with Gasteiger partial charge in [-0.1, -0.05) is 38.8 Å². The number of thiophene rings is 1. The molecule has 0 radical (unpaired) electrons. The highest BCUT2D eigenvalue weighted by atomic mass is 32.1. The monoisotopic (exact) mass is 457 g/mol. The third-order valence-electron chi connectivity index (χ3n) is 6.09. The van der Waals surface area contributed by atoms with Crippen molar-refractivity contribution >= 4 is 23.3 Å². The largest absolute Gasteiger partial charge is 0.454 e. The summed E-state index contributed by atoms with van der Waals surface area (Å²) >= 11 is 1.65. The number of amides is 3. The first-order valence-corrected chi connectivity index (χ1v) is 12.3. The average Bonchev–Trinajstić information content (AvgIpc) is 3.55. The fourth-order valence-electron chi connectivity index (χ4n) is 4.27. The number of carbonyl (C=O) groups is 2. The Bertz CT molecular complexity index is 933. The number of nitrogens with zero attached hydrogens (tertiary/aromatic N) is 2. The Morgan fingerprint density at radius 1 is 1.19 bits per heavy atom. The molecule has 2 aliphatic heterocycles. The highest BCUT2D eigenvalue weighted by Gasteiger charge is 2.37. The van der Waals surface area contributed by atoms with Crippen molar-refractivity contribution in [3.63, 3.8) is 0 Å². The van der Waals surface area contributed by atoms with Crippen LogP contribution in [0.25, 0.3) is 0 Å². The van der Waals surface area contributed by atoms with Crippen LogP contribution in [-0.2, 0) is 11.3 Å². The Kier molecular flexibility index (Phi) is 7.19. The van der Waals surface area contributed by atoms with E-state index in [1.54, 1.807) is 16.2 Å². The minimum absolute atomic E-state index is 0.0502. The highest BCUT2D eigenvalue weighted by Crippen LogP contribution is 2.35. The maximum Gasteiger partial charge on any atom is 0.321 e. The van der Waals surface area contributed by atoms with E-state index in [1.807, 2.05) is 47.5 Å². The van der Waals surface area contributed by atoms with Crippen molar-refractivity contribution in [2.75, 3.05) is 19.9 Å². The summed E-state index contributed by atoms with van der Waals surface area (Å²) in [6, 6.07) is 9.16. The van der Waals surface area contributed by atoms with Gasteiger partial charge in [0.2, 0.25) is 12.7 Å². The number of hydrogen-bond donors (Lipinski definition) is 1. The summed E-state index contributed by atoms with van der Waals surface area (Å²) in [5, 5.41) is 5.22. The molecule has 2 aromatic rings. The van der Waals surface area contributed by atoms with Gasteiger partial charge in [0.25, 0.3) is 0 Å². The molecule has 1 saturated heterocycles. The number of ether oxygens (including phenoxy) is 2. The molecule has 7 nitrogen and oxygen atoms in total. The molecule has 3 amide bonds. The predicted octanol–water partition coefficient (Wildman–Crippen LogP) is 4.54. The van der Waals surface area contributed by atoms with Crippen LogP contribution in [0.15, 0.2) is 35.7 Å². The highest BCUT2D eigenvalue weighted by molar-refractivity contribution is 7.09. The first-order chi connectivity index (χ1) is 15.6. The molecule has 4 rings (SSSR count). The minimum atomic E-state index is -0.459. The van der Waals surface area contributed by atoms with Gasteiger partial charge in [-0.05, 0) is 42.0 Å². The van der Waals surface area contributed by atoms with E-state index in [1.165, 1.54) is 0 Å². The summed E-state index contributed by atoms with van der Waals surface area (Å²) < 4.78 is 10.9. The lowest BCUT2D eigenvalue weighted by Gasteiger charge is -2.29. The van der Waals surface area contributed by atoms with Crippen LogP contribution < -0.4 is 14.8 Å². The van der Waals surface area contributed by atoms with Crippen LogP contribution in [0.1, 0.15) is 56.0 Å². The molecule has 32 heavy (non-hydrogen) atoms. The fourth-order valence-corrected chi connectivity index (χ4v) is 4.99. The van der Waals surface area contributed by atoms with E-state index in [2.05, 4.69) is 12.2 Å². The molecule has 1 N–H and O–H groups in total. The maximum atomic E-state index is 13.4. The van der Waals surface area contributed by atoms with Gasteiger partial charge in [-0.15, -0.1) is 11.3 Å². The molecule has 0 unspecified atom stereocenters. The fraction of sp³-hybridized carbons (Fsp3) is 0.500. The zero-order chi connectivity index (χ0) is 22.5. The van der Waals surface area contributed by atoms with E-state index in [-0.39, 0.29) is 24.8 Å².